The van der Waals surface area contributed by atoms with Gasteiger partial charge in [0.25, 0.3) is 5.91 Å². The van der Waals surface area contributed by atoms with Crippen molar-refractivity contribution in [3.63, 3.8) is 0 Å². The van der Waals surface area contributed by atoms with Gasteiger partial charge in [-0.3, -0.25) is 4.79 Å². The number of carbonyl (C=O) groups excluding carboxylic acids is 1. The van der Waals surface area contributed by atoms with Gasteiger partial charge in [-0.1, -0.05) is 48.5 Å². The van der Waals surface area contributed by atoms with E-state index < -0.39 is 24.2 Å². The number of hydrogen-bond donors (Lipinski definition) is 3. The Kier molecular flexibility index (Phi) is 5.32. The highest BCUT2D eigenvalue weighted by atomic mass is 19.4. The monoisotopic (exact) mass is 453 g/mol. The Labute approximate surface area is 187 Å². The van der Waals surface area contributed by atoms with E-state index >= 15 is 0 Å². The number of H-pyrrole nitrogens is 1. The second kappa shape index (κ2) is 8.31. The molecule has 2 unspecified atom stereocenters. The lowest BCUT2D eigenvalue weighted by Crippen LogP contribution is -2.36. The number of fused-ring (bicyclic) bond motifs is 2. The highest BCUT2D eigenvalue weighted by molar-refractivity contribution is 5.99. The first-order valence-corrected chi connectivity index (χ1v) is 10.7. The number of hydrogen-bond acceptors (Lipinski definition) is 3. The topological polar surface area (TPSA) is 74.7 Å². The fourth-order valence-corrected chi connectivity index (χ4v) is 4.38. The molecule has 33 heavy (non-hydrogen) atoms. The zero-order valence-electron chi connectivity index (χ0n) is 17.6. The number of anilines is 1. The molecule has 0 spiro atoms. The van der Waals surface area contributed by atoms with Crippen LogP contribution in [0.2, 0.25) is 0 Å². The van der Waals surface area contributed by atoms with Crippen molar-refractivity contribution < 1.29 is 18.0 Å². The van der Waals surface area contributed by atoms with Crippen LogP contribution < -0.4 is 10.6 Å². The van der Waals surface area contributed by atoms with E-state index in [0.717, 1.165) is 26.7 Å². The van der Waals surface area contributed by atoms with Gasteiger partial charge < -0.3 is 15.6 Å². The first-order chi connectivity index (χ1) is 15.9. The number of rotatable bonds is 5. The Hall–Kier alpha value is -3.75. The fraction of sp³-hybridized carbons (Fsp3) is 0.250. The number of carbonyl (C=O) groups is 1. The van der Waals surface area contributed by atoms with Gasteiger partial charge in [-0.15, -0.1) is 0 Å². The maximum absolute atomic E-state index is 13.8. The third-order valence-corrected chi connectivity index (χ3v) is 6.04. The quantitative estimate of drug-likeness (QED) is 0.398. The second-order valence-corrected chi connectivity index (χ2v) is 8.12. The van der Waals surface area contributed by atoms with Gasteiger partial charge in [-0.25, -0.2) is 4.68 Å². The van der Waals surface area contributed by atoms with Gasteiger partial charge >= 0.3 is 6.18 Å². The number of nitrogens with one attached hydrogen (secondary N) is 3. The Morgan fingerprint density at radius 1 is 1.12 bits per heavy atom. The minimum Gasteiger partial charge on any atom is -0.363 e. The zero-order chi connectivity index (χ0) is 23.0. The molecule has 0 saturated heterocycles. The van der Waals surface area contributed by atoms with Crippen LogP contribution >= 0.6 is 0 Å². The lowest BCUT2D eigenvalue weighted by atomic mass is 9.96. The molecule has 0 bridgehead atoms. The number of amides is 1. The van der Waals surface area contributed by atoms with E-state index in [4.69, 9.17) is 0 Å². The summed E-state index contributed by atoms with van der Waals surface area (Å²) in [6.07, 6.45) is -0.999. The van der Waals surface area contributed by atoms with Crippen molar-refractivity contribution in [2.24, 2.45) is 0 Å². The van der Waals surface area contributed by atoms with Crippen LogP contribution in [0.15, 0.2) is 67.0 Å². The van der Waals surface area contributed by atoms with E-state index in [9.17, 15) is 18.0 Å². The molecule has 2 aromatic carbocycles. The van der Waals surface area contributed by atoms with E-state index in [-0.39, 0.29) is 17.8 Å². The van der Waals surface area contributed by atoms with Gasteiger partial charge in [-0.2, -0.15) is 18.3 Å². The molecule has 0 saturated carbocycles. The summed E-state index contributed by atoms with van der Waals surface area (Å²) in [6.45, 7) is 0.343. The molecule has 170 valence electrons. The summed E-state index contributed by atoms with van der Waals surface area (Å²) < 4.78 is 42.3. The van der Waals surface area contributed by atoms with E-state index in [0.29, 0.717) is 13.0 Å². The summed E-state index contributed by atoms with van der Waals surface area (Å²) >= 11 is 0. The number of alkyl halides is 3. The van der Waals surface area contributed by atoms with Crippen LogP contribution in [0.25, 0.3) is 10.9 Å². The second-order valence-electron chi connectivity index (χ2n) is 8.12. The van der Waals surface area contributed by atoms with Crippen molar-refractivity contribution in [3.8, 4) is 0 Å². The predicted molar refractivity (Wildman–Crippen MR) is 119 cm³/mol. The first kappa shape index (κ1) is 21.1. The van der Waals surface area contributed by atoms with E-state index in [1.807, 2.05) is 36.5 Å². The molecule has 0 radical (unpaired) electrons. The number of para-hydroxylation sites is 1. The molecule has 9 heteroatoms. The van der Waals surface area contributed by atoms with E-state index in [1.165, 1.54) is 6.20 Å². The Bertz CT molecular complexity index is 1280. The Morgan fingerprint density at radius 2 is 1.88 bits per heavy atom. The molecule has 2 aromatic heterocycles. The minimum atomic E-state index is -4.49. The number of benzene rings is 2. The van der Waals surface area contributed by atoms with Crippen LogP contribution in [0.3, 0.4) is 0 Å². The SMILES string of the molecule is O=C(NCCc1c[nH]c2ccccc12)c1cnn2c1NC(c1ccccc1)CC2C(F)(F)F. The molecule has 1 amide bonds. The molecule has 3 heterocycles. The summed E-state index contributed by atoms with van der Waals surface area (Å²) in [4.78, 5) is 16.1. The highest BCUT2D eigenvalue weighted by Gasteiger charge is 2.47. The normalized spacial score (nSPS) is 18.0. The number of aromatic nitrogens is 3. The maximum Gasteiger partial charge on any atom is 0.410 e. The standard InChI is InChI=1S/C24H22F3N5O/c25-24(26,27)21-12-20(15-6-2-1-3-7-15)31-22-18(14-30-32(21)22)23(33)28-11-10-16-13-29-19-9-5-4-8-17(16)19/h1-9,13-14,20-21,29,31H,10-12H2,(H,28,33). The summed E-state index contributed by atoms with van der Waals surface area (Å²) in [5.41, 5.74) is 2.90. The molecule has 5 rings (SSSR count). The summed E-state index contributed by atoms with van der Waals surface area (Å²) in [5, 5.41) is 10.9. The molecule has 0 aliphatic carbocycles. The average molecular weight is 453 g/mol. The highest BCUT2D eigenvalue weighted by Crippen LogP contribution is 2.44. The number of nitrogens with zero attached hydrogens (tertiary/aromatic N) is 2. The largest absolute Gasteiger partial charge is 0.410 e. The van der Waals surface area contributed by atoms with Crippen molar-refractivity contribution in [1.29, 1.82) is 0 Å². The van der Waals surface area contributed by atoms with Crippen LogP contribution in [0, 0.1) is 0 Å². The zero-order valence-corrected chi connectivity index (χ0v) is 17.6. The van der Waals surface area contributed by atoms with Gasteiger partial charge in [0.05, 0.1) is 12.2 Å². The van der Waals surface area contributed by atoms with Crippen molar-refractivity contribution in [3.05, 3.63) is 83.7 Å². The van der Waals surface area contributed by atoms with Crippen LogP contribution in [0.4, 0.5) is 19.0 Å². The molecule has 4 aromatic rings. The first-order valence-electron chi connectivity index (χ1n) is 10.7. The van der Waals surface area contributed by atoms with E-state index in [2.05, 4.69) is 20.7 Å². The Morgan fingerprint density at radius 3 is 2.67 bits per heavy atom. The molecule has 6 nitrogen and oxygen atoms in total. The molecular formula is C24H22F3N5O. The molecule has 1 aliphatic heterocycles. The van der Waals surface area contributed by atoms with Crippen molar-refractivity contribution in [2.45, 2.75) is 31.1 Å². The smallest absolute Gasteiger partial charge is 0.363 e. The van der Waals surface area contributed by atoms with Crippen molar-refractivity contribution in [1.82, 2.24) is 20.1 Å². The van der Waals surface area contributed by atoms with Crippen molar-refractivity contribution >= 4 is 22.6 Å². The third kappa shape index (κ3) is 4.06. The summed E-state index contributed by atoms with van der Waals surface area (Å²) in [6, 6.07) is 14.4. The number of halogens is 3. The minimum absolute atomic E-state index is 0.0852. The van der Waals surface area contributed by atoms with Crippen LogP contribution in [-0.2, 0) is 6.42 Å². The van der Waals surface area contributed by atoms with Gasteiger partial charge in [0.15, 0.2) is 6.04 Å². The molecule has 3 N–H and O–H groups in total. The third-order valence-electron chi connectivity index (χ3n) is 6.04. The van der Waals surface area contributed by atoms with Gasteiger partial charge in [0, 0.05) is 30.1 Å². The van der Waals surface area contributed by atoms with Gasteiger partial charge in [-0.05, 0) is 23.6 Å². The number of aromatic amines is 1. The average Bonchev–Trinajstić information content (AvgIpc) is 3.43. The van der Waals surface area contributed by atoms with Crippen LogP contribution in [-0.4, -0.2) is 33.4 Å². The molecule has 1 aliphatic rings. The van der Waals surface area contributed by atoms with Gasteiger partial charge in [0.1, 0.15) is 11.4 Å². The molecular weight excluding hydrogens is 431 g/mol. The van der Waals surface area contributed by atoms with E-state index in [1.54, 1.807) is 24.3 Å². The van der Waals surface area contributed by atoms with Crippen LogP contribution in [0.1, 0.15) is 40.0 Å². The molecule has 0 fully saturated rings. The molecule has 2 atom stereocenters. The maximum atomic E-state index is 13.8. The lowest BCUT2D eigenvalue weighted by molar-refractivity contribution is -0.173. The lowest BCUT2D eigenvalue weighted by Gasteiger charge is -2.34. The van der Waals surface area contributed by atoms with Gasteiger partial charge in [0.2, 0.25) is 0 Å². The van der Waals surface area contributed by atoms with Crippen molar-refractivity contribution in [2.75, 3.05) is 11.9 Å². The van der Waals surface area contributed by atoms with Crippen LogP contribution in [0.5, 0.6) is 0 Å². The summed E-state index contributed by atoms with van der Waals surface area (Å²) in [7, 11) is 0. The summed E-state index contributed by atoms with van der Waals surface area (Å²) in [5.74, 6) is -0.375. The predicted octanol–water partition coefficient (Wildman–Crippen LogP) is 5.00. The fourth-order valence-electron chi connectivity index (χ4n) is 4.38. The Balaban J connectivity index is 1.35.